The van der Waals surface area contributed by atoms with Crippen LogP contribution in [0.1, 0.15) is 41.0 Å². The number of ether oxygens (including phenoxy) is 2. The fourth-order valence-corrected chi connectivity index (χ4v) is 1.50. The van der Waals surface area contributed by atoms with Gasteiger partial charge in [0.05, 0.1) is 13.2 Å². The second kappa shape index (κ2) is 15.9. The average Bonchev–Trinajstić information content (AvgIpc) is 2.34. The van der Waals surface area contributed by atoms with Crippen molar-refractivity contribution < 1.29 is 9.47 Å². The van der Waals surface area contributed by atoms with Crippen molar-refractivity contribution in [3.05, 3.63) is 0 Å². The van der Waals surface area contributed by atoms with E-state index in [1.54, 1.807) is 7.11 Å². The SMILES string of the molecule is CC.CC(C)CN1CCOCC1.CCCOC. The standard InChI is InChI=1S/C8H17NO.C4H10O.C2H6/c1-8(2)7-9-3-5-10-6-4-9;1-3-4-5-2;1-2/h8H,3-7H2,1-2H3;3-4H2,1-2H3;1-2H3. The van der Waals surface area contributed by atoms with Crippen molar-refractivity contribution in [2.45, 2.75) is 41.0 Å². The predicted molar refractivity (Wildman–Crippen MR) is 75.6 cm³/mol. The first-order valence-corrected chi connectivity index (χ1v) is 6.99. The summed E-state index contributed by atoms with van der Waals surface area (Å²) in [4.78, 5) is 2.47. The Kier molecular flexibility index (Phi) is 18.0. The van der Waals surface area contributed by atoms with Gasteiger partial charge in [-0.2, -0.15) is 0 Å². The molecule has 0 aromatic heterocycles. The van der Waals surface area contributed by atoms with Gasteiger partial charge in [0.2, 0.25) is 0 Å². The second-order valence-corrected chi connectivity index (χ2v) is 4.30. The summed E-state index contributed by atoms with van der Waals surface area (Å²) in [5.74, 6) is 0.790. The zero-order valence-electron chi connectivity index (χ0n) is 12.8. The molecule has 17 heavy (non-hydrogen) atoms. The maximum Gasteiger partial charge on any atom is 0.0594 e. The minimum atomic E-state index is 0.790. The Hall–Kier alpha value is -0.120. The number of rotatable bonds is 4. The Morgan fingerprint density at radius 2 is 1.71 bits per heavy atom. The van der Waals surface area contributed by atoms with Crippen molar-refractivity contribution in [3.8, 4) is 0 Å². The normalized spacial score (nSPS) is 15.7. The van der Waals surface area contributed by atoms with Crippen molar-refractivity contribution in [3.63, 3.8) is 0 Å². The molecule has 0 unspecified atom stereocenters. The van der Waals surface area contributed by atoms with Gasteiger partial charge >= 0.3 is 0 Å². The fourth-order valence-electron chi connectivity index (χ4n) is 1.50. The third-order valence-electron chi connectivity index (χ3n) is 2.14. The van der Waals surface area contributed by atoms with E-state index in [2.05, 4.69) is 25.7 Å². The molecule has 0 radical (unpaired) electrons. The topological polar surface area (TPSA) is 21.7 Å². The van der Waals surface area contributed by atoms with Crippen molar-refractivity contribution in [2.75, 3.05) is 46.6 Å². The lowest BCUT2D eigenvalue weighted by molar-refractivity contribution is 0.0329. The van der Waals surface area contributed by atoms with E-state index < -0.39 is 0 Å². The van der Waals surface area contributed by atoms with Crippen LogP contribution in [0.4, 0.5) is 0 Å². The van der Waals surface area contributed by atoms with Crippen molar-refractivity contribution in [2.24, 2.45) is 5.92 Å². The van der Waals surface area contributed by atoms with Gasteiger partial charge in [-0.3, -0.25) is 4.90 Å². The lowest BCUT2D eigenvalue weighted by atomic mass is 10.2. The minimum Gasteiger partial charge on any atom is -0.385 e. The quantitative estimate of drug-likeness (QED) is 0.762. The molecule has 1 aliphatic rings. The van der Waals surface area contributed by atoms with Gasteiger partial charge < -0.3 is 9.47 Å². The molecule has 3 heteroatoms. The van der Waals surface area contributed by atoms with E-state index in [-0.39, 0.29) is 0 Å². The van der Waals surface area contributed by atoms with Crippen molar-refractivity contribution in [1.29, 1.82) is 0 Å². The van der Waals surface area contributed by atoms with Crippen LogP contribution in [0.15, 0.2) is 0 Å². The summed E-state index contributed by atoms with van der Waals surface area (Å²) < 4.78 is 9.93. The number of nitrogens with zero attached hydrogens (tertiary/aromatic N) is 1. The molecule has 0 N–H and O–H groups in total. The molecule has 106 valence electrons. The summed E-state index contributed by atoms with van der Waals surface area (Å²) in [6.45, 7) is 16.8. The molecule has 1 rings (SSSR count). The van der Waals surface area contributed by atoms with E-state index in [4.69, 9.17) is 9.47 Å². The van der Waals surface area contributed by atoms with Crippen LogP contribution in [-0.2, 0) is 9.47 Å². The summed E-state index contributed by atoms with van der Waals surface area (Å²) in [6, 6.07) is 0. The van der Waals surface area contributed by atoms with Gasteiger partial charge in [0, 0.05) is 33.4 Å². The van der Waals surface area contributed by atoms with Crippen LogP contribution in [0, 0.1) is 5.92 Å². The van der Waals surface area contributed by atoms with Crippen LogP contribution in [0.2, 0.25) is 0 Å². The summed E-state index contributed by atoms with van der Waals surface area (Å²) in [6.07, 6.45) is 1.12. The highest BCUT2D eigenvalue weighted by molar-refractivity contribution is 4.62. The molecule has 3 nitrogen and oxygen atoms in total. The zero-order valence-corrected chi connectivity index (χ0v) is 12.8. The maximum absolute atomic E-state index is 5.24. The molecular weight excluding hydrogens is 214 g/mol. The molecule has 0 aliphatic carbocycles. The highest BCUT2D eigenvalue weighted by atomic mass is 16.5. The van der Waals surface area contributed by atoms with Crippen LogP contribution in [0.3, 0.4) is 0 Å². The summed E-state index contributed by atoms with van der Waals surface area (Å²) in [7, 11) is 1.71. The number of hydrogen-bond acceptors (Lipinski definition) is 3. The van der Waals surface area contributed by atoms with E-state index in [1.165, 1.54) is 6.54 Å². The Bertz CT molecular complexity index is 121. The second-order valence-electron chi connectivity index (χ2n) is 4.30. The van der Waals surface area contributed by atoms with Crippen LogP contribution in [0.25, 0.3) is 0 Å². The van der Waals surface area contributed by atoms with Crippen LogP contribution in [0.5, 0.6) is 0 Å². The van der Waals surface area contributed by atoms with Crippen LogP contribution >= 0.6 is 0 Å². The van der Waals surface area contributed by atoms with E-state index in [9.17, 15) is 0 Å². The largest absolute Gasteiger partial charge is 0.385 e. The first kappa shape index (κ1) is 19.2. The Morgan fingerprint density at radius 1 is 1.18 bits per heavy atom. The highest BCUT2D eigenvalue weighted by Crippen LogP contribution is 2.01. The van der Waals surface area contributed by atoms with Crippen molar-refractivity contribution in [1.82, 2.24) is 4.90 Å². The van der Waals surface area contributed by atoms with E-state index in [0.717, 1.165) is 45.2 Å². The smallest absolute Gasteiger partial charge is 0.0594 e. The Labute approximate surface area is 108 Å². The van der Waals surface area contributed by atoms with E-state index in [1.807, 2.05) is 13.8 Å². The molecule has 1 fully saturated rings. The Balaban J connectivity index is 0. The van der Waals surface area contributed by atoms with Crippen molar-refractivity contribution >= 4 is 0 Å². The first-order chi connectivity index (χ1) is 8.20. The summed E-state index contributed by atoms with van der Waals surface area (Å²) in [5.41, 5.74) is 0. The molecule has 0 aromatic carbocycles. The molecule has 0 spiro atoms. The zero-order chi connectivity index (χ0) is 13.5. The first-order valence-electron chi connectivity index (χ1n) is 6.99. The van der Waals surface area contributed by atoms with Gasteiger partial charge in [0.1, 0.15) is 0 Å². The van der Waals surface area contributed by atoms with Gasteiger partial charge in [0.15, 0.2) is 0 Å². The van der Waals surface area contributed by atoms with E-state index >= 15 is 0 Å². The third kappa shape index (κ3) is 15.9. The molecule has 0 aromatic rings. The summed E-state index contributed by atoms with van der Waals surface area (Å²) in [5, 5.41) is 0. The average molecular weight is 247 g/mol. The highest BCUT2D eigenvalue weighted by Gasteiger charge is 2.10. The monoisotopic (exact) mass is 247 g/mol. The van der Waals surface area contributed by atoms with Crippen LogP contribution < -0.4 is 0 Å². The lowest BCUT2D eigenvalue weighted by Crippen LogP contribution is -2.38. The van der Waals surface area contributed by atoms with Gasteiger partial charge in [0.25, 0.3) is 0 Å². The number of morpholine rings is 1. The number of methoxy groups -OCH3 is 1. The van der Waals surface area contributed by atoms with Gasteiger partial charge in [-0.05, 0) is 12.3 Å². The summed E-state index contributed by atoms with van der Waals surface area (Å²) >= 11 is 0. The predicted octanol–water partition coefficient (Wildman–Crippen LogP) is 3.04. The van der Waals surface area contributed by atoms with Gasteiger partial charge in [-0.25, -0.2) is 0 Å². The molecule has 1 saturated heterocycles. The molecule has 0 bridgehead atoms. The third-order valence-corrected chi connectivity index (χ3v) is 2.14. The van der Waals surface area contributed by atoms with Gasteiger partial charge in [-0.15, -0.1) is 0 Å². The molecule has 1 aliphatic heterocycles. The van der Waals surface area contributed by atoms with E-state index in [0.29, 0.717) is 0 Å². The molecule has 0 atom stereocenters. The molecule has 0 saturated carbocycles. The van der Waals surface area contributed by atoms with Gasteiger partial charge in [-0.1, -0.05) is 34.6 Å². The number of hydrogen-bond donors (Lipinski definition) is 0. The maximum atomic E-state index is 5.24. The molecule has 1 heterocycles. The Morgan fingerprint density at radius 3 is 2.00 bits per heavy atom. The molecular formula is C14H33NO2. The lowest BCUT2D eigenvalue weighted by Gasteiger charge is -2.27. The minimum absolute atomic E-state index is 0.790. The fraction of sp³-hybridized carbons (Fsp3) is 1.00. The van der Waals surface area contributed by atoms with Crippen LogP contribution in [-0.4, -0.2) is 51.5 Å². The molecule has 0 amide bonds.